The first-order valence-electron chi connectivity index (χ1n) is 10.7. The standard InChI is InChI=1S/C25H25N3O2/c29-21-12-9-18(10-13-21)22-15-26-28-25(22)30-16-17-5-7-20(8-6-17)24-14-11-19-3-1-2-4-23(19)27-24/h3-8,11,14-15,18H,1-2,9-10,12-13,16H2,(H,26,28). The van der Waals surface area contributed by atoms with E-state index in [0.29, 0.717) is 31.1 Å². The molecule has 5 rings (SSSR count). The van der Waals surface area contributed by atoms with Crippen LogP contribution in [0.2, 0.25) is 0 Å². The summed E-state index contributed by atoms with van der Waals surface area (Å²) in [7, 11) is 0. The molecule has 1 aromatic carbocycles. The lowest BCUT2D eigenvalue weighted by molar-refractivity contribution is -0.120. The first-order valence-corrected chi connectivity index (χ1v) is 10.7. The van der Waals surface area contributed by atoms with E-state index < -0.39 is 0 Å². The summed E-state index contributed by atoms with van der Waals surface area (Å²) in [5.74, 6) is 1.44. The van der Waals surface area contributed by atoms with Gasteiger partial charge in [-0.3, -0.25) is 4.79 Å². The molecule has 0 atom stereocenters. The van der Waals surface area contributed by atoms with E-state index in [1.54, 1.807) is 0 Å². The van der Waals surface area contributed by atoms with Gasteiger partial charge in [0.15, 0.2) is 0 Å². The van der Waals surface area contributed by atoms with Crippen LogP contribution in [0, 0.1) is 0 Å². The summed E-state index contributed by atoms with van der Waals surface area (Å²) in [4.78, 5) is 16.3. The molecule has 2 aliphatic rings. The molecule has 2 aliphatic carbocycles. The Kier molecular flexibility index (Phi) is 5.18. The maximum absolute atomic E-state index is 11.5. The second-order valence-corrected chi connectivity index (χ2v) is 8.11. The summed E-state index contributed by atoms with van der Waals surface area (Å²) in [6.07, 6.45) is 11.5. The summed E-state index contributed by atoms with van der Waals surface area (Å²) < 4.78 is 6.04. The number of nitrogens with zero attached hydrogens (tertiary/aromatic N) is 2. The van der Waals surface area contributed by atoms with Crippen molar-refractivity contribution < 1.29 is 9.53 Å². The normalized spacial score (nSPS) is 16.5. The fraction of sp³-hybridized carbons (Fsp3) is 0.320. The van der Waals surface area contributed by atoms with Gasteiger partial charge in [0.25, 0.3) is 0 Å². The van der Waals surface area contributed by atoms with Crippen molar-refractivity contribution in [3.8, 4) is 17.1 Å². The number of aromatic amines is 1. The maximum Gasteiger partial charge on any atom is 0.212 e. The van der Waals surface area contributed by atoms with Gasteiger partial charge in [-0.1, -0.05) is 42.5 Å². The summed E-state index contributed by atoms with van der Waals surface area (Å²) >= 11 is 0. The number of fused-ring (bicyclic) bond motifs is 1. The molecule has 2 aromatic heterocycles. The number of ether oxygens (including phenoxy) is 1. The van der Waals surface area contributed by atoms with Gasteiger partial charge in [0.2, 0.25) is 5.88 Å². The number of nitrogens with one attached hydrogen (secondary N) is 1. The van der Waals surface area contributed by atoms with Crippen LogP contribution in [0.1, 0.15) is 55.6 Å². The first kappa shape index (κ1) is 18.8. The number of carbonyl (C=O) groups excluding carboxylic acids is 1. The number of Topliss-reactive ketones (excluding diaryl/α,β-unsaturated/α-hetero) is 1. The molecule has 5 heteroatoms. The highest BCUT2D eigenvalue weighted by Gasteiger charge is 2.24. The van der Waals surface area contributed by atoms with Crippen LogP contribution in [0.3, 0.4) is 0 Å². The molecular formula is C25H25N3O2. The molecule has 0 unspecified atom stereocenters. The number of pyridine rings is 1. The molecule has 0 spiro atoms. The Morgan fingerprint density at radius 2 is 1.80 bits per heavy atom. The lowest BCUT2D eigenvalue weighted by Gasteiger charge is -2.20. The molecule has 0 amide bonds. The zero-order valence-electron chi connectivity index (χ0n) is 16.9. The highest BCUT2D eigenvalue weighted by Crippen LogP contribution is 2.35. The minimum Gasteiger partial charge on any atom is -0.473 e. The number of hydrogen-bond donors (Lipinski definition) is 1. The quantitative estimate of drug-likeness (QED) is 0.711. The monoisotopic (exact) mass is 399 g/mol. The SMILES string of the molecule is O=C1CCC(c2cn[nH]c2OCc2ccc(-c3ccc4c(n3)=CCCC=4)cc2)CC1. The largest absolute Gasteiger partial charge is 0.473 e. The van der Waals surface area contributed by atoms with Crippen molar-refractivity contribution in [2.24, 2.45) is 0 Å². The number of ketones is 1. The van der Waals surface area contributed by atoms with Gasteiger partial charge in [0.05, 0.1) is 17.2 Å². The van der Waals surface area contributed by atoms with Crippen LogP contribution in [0.4, 0.5) is 0 Å². The average Bonchev–Trinajstić information content (AvgIpc) is 3.27. The van der Waals surface area contributed by atoms with Crippen molar-refractivity contribution in [3.63, 3.8) is 0 Å². The van der Waals surface area contributed by atoms with Crippen molar-refractivity contribution in [1.29, 1.82) is 0 Å². The average molecular weight is 399 g/mol. The van der Waals surface area contributed by atoms with Crippen molar-refractivity contribution >= 4 is 17.9 Å². The lowest BCUT2D eigenvalue weighted by Crippen LogP contribution is -2.29. The van der Waals surface area contributed by atoms with Crippen LogP contribution in [0.25, 0.3) is 23.4 Å². The van der Waals surface area contributed by atoms with Gasteiger partial charge in [0, 0.05) is 24.0 Å². The van der Waals surface area contributed by atoms with Crippen LogP contribution in [0.15, 0.2) is 42.6 Å². The molecule has 2 heterocycles. The molecule has 152 valence electrons. The third-order valence-electron chi connectivity index (χ3n) is 6.07. The Morgan fingerprint density at radius 1 is 1.00 bits per heavy atom. The number of aromatic nitrogens is 3. The van der Waals surface area contributed by atoms with Gasteiger partial charge in [0.1, 0.15) is 12.4 Å². The van der Waals surface area contributed by atoms with Crippen LogP contribution >= 0.6 is 0 Å². The van der Waals surface area contributed by atoms with Gasteiger partial charge in [-0.05, 0) is 48.4 Å². The minimum atomic E-state index is 0.350. The van der Waals surface area contributed by atoms with Crippen molar-refractivity contribution in [2.45, 2.75) is 51.0 Å². The van der Waals surface area contributed by atoms with E-state index in [1.807, 2.05) is 6.20 Å². The van der Waals surface area contributed by atoms with Gasteiger partial charge in [-0.25, -0.2) is 10.1 Å². The predicted molar refractivity (Wildman–Crippen MR) is 116 cm³/mol. The molecule has 1 saturated carbocycles. The number of benzene rings is 1. The second-order valence-electron chi connectivity index (χ2n) is 8.11. The fourth-order valence-electron chi connectivity index (χ4n) is 4.31. The van der Waals surface area contributed by atoms with Crippen molar-refractivity contribution in [1.82, 2.24) is 15.2 Å². The number of hydrogen-bond acceptors (Lipinski definition) is 4. The van der Waals surface area contributed by atoms with Crippen molar-refractivity contribution in [2.75, 3.05) is 0 Å². The Morgan fingerprint density at radius 3 is 2.63 bits per heavy atom. The second kappa shape index (κ2) is 8.27. The third kappa shape index (κ3) is 3.92. The molecule has 1 N–H and O–H groups in total. The van der Waals surface area contributed by atoms with Gasteiger partial charge in [-0.15, -0.1) is 0 Å². The zero-order chi connectivity index (χ0) is 20.3. The lowest BCUT2D eigenvalue weighted by atomic mass is 9.84. The van der Waals surface area contributed by atoms with E-state index >= 15 is 0 Å². The number of rotatable bonds is 5. The third-order valence-corrected chi connectivity index (χ3v) is 6.07. The molecule has 3 aromatic rings. The fourth-order valence-corrected chi connectivity index (χ4v) is 4.31. The smallest absolute Gasteiger partial charge is 0.212 e. The molecule has 0 bridgehead atoms. The molecule has 0 aliphatic heterocycles. The summed E-state index contributed by atoms with van der Waals surface area (Å²) in [6, 6.07) is 12.6. The van der Waals surface area contributed by atoms with Crippen molar-refractivity contribution in [3.05, 3.63) is 64.3 Å². The van der Waals surface area contributed by atoms with E-state index in [-0.39, 0.29) is 0 Å². The number of H-pyrrole nitrogens is 1. The van der Waals surface area contributed by atoms with Gasteiger partial charge >= 0.3 is 0 Å². The Hall–Kier alpha value is -3.21. The van der Waals surface area contributed by atoms with Crippen LogP contribution in [-0.4, -0.2) is 21.0 Å². The Labute approximate surface area is 175 Å². The topological polar surface area (TPSA) is 67.9 Å². The first-order chi connectivity index (χ1) is 14.8. The van der Waals surface area contributed by atoms with E-state index in [2.05, 4.69) is 58.7 Å². The molecule has 0 saturated heterocycles. The van der Waals surface area contributed by atoms with Gasteiger partial charge < -0.3 is 4.74 Å². The molecule has 30 heavy (non-hydrogen) atoms. The molecular weight excluding hydrogens is 374 g/mol. The van der Waals surface area contributed by atoms with Crippen LogP contribution in [0.5, 0.6) is 5.88 Å². The van der Waals surface area contributed by atoms with E-state index in [0.717, 1.165) is 59.3 Å². The Bertz CT molecular complexity index is 1170. The predicted octanol–water partition coefficient (Wildman–Crippen LogP) is 3.63. The van der Waals surface area contributed by atoms with Gasteiger partial charge in [-0.2, -0.15) is 5.10 Å². The highest BCUT2D eigenvalue weighted by atomic mass is 16.5. The Balaban J connectivity index is 1.27. The molecule has 5 nitrogen and oxygen atoms in total. The zero-order valence-corrected chi connectivity index (χ0v) is 16.9. The maximum atomic E-state index is 11.5. The minimum absolute atomic E-state index is 0.350. The van der Waals surface area contributed by atoms with E-state index in [9.17, 15) is 4.79 Å². The van der Waals surface area contributed by atoms with E-state index in [4.69, 9.17) is 9.72 Å². The highest BCUT2D eigenvalue weighted by molar-refractivity contribution is 5.79. The number of carbonyl (C=O) groups is 1. The molecule has 0 radical (unpaired) electrons. The van der Waals surface area contributed by atoms with E-state index in [1.165, 1.54) is 5.22 Å². The summed E-state index contributed by atoms with van der Waals surface area (Å²) in [6.45, 7) is 0.474. The summed E-state index contributed by atoms with van der Waals surface area (Å²) in [5.41, 5.74) is 4.28. The molecule has 1 fully saturated rings. The summed E-state index contributed by atoms with van der Waals surface area (Å²) in [5, 5.41) is 9.46. The van der Waals surface area contributed by atoms with Crippen LogP contribution in [-0.2, 0) is 11.4 Å². The van der Waals surface area contributed by atoms with Crippen LogP contribution < -0.4 is 15.3 Å².